The predicted octanol–water partition coefficient (Wildman–Crippen LogP) is 4.34. The molecule has 152 valence electrons. The first kappa shape index (κ1) is 20.9. The number of nitrogens with zero attached hydrogens (tertiary/aromatic N) is 2. The van der Waals surface area contributed by atoms with Gasteiger partial charge < -0.3 is 4.90 Å². The Morgan fingerprint density at radius 3 is 2.69 bits per heavy atom. The van der Waals surface area contributed by atoms with Crippen molar-refractivity contribution in [2.75, 3.05) is 16.4 Å². The van der Waals surface area contributed by atoms with Crippen LogP contribution in [0.2, 0.25) is 5.02 Å². The van der Waals surface area contributed by atoms with Gasteiger partial charge in [-0.1, -0.05) is 69.6 Å². The standard InChI is InChI=1S/C20H18BrClN2O3S2/c21-14-7-8-16(15(22)10-14)24-17-11-29(26,27)12-18(17)28-20(24)23-19(25)9-6-13-4-2-1-3-5-13/h1-5,7-8,10,17-18H,6,9,11-12H2. The Bertz CT molecular complexity index is 1080. The van der Waals surface area contributed by atoms with Gasteiger partial charge in [0.2, 0.25) is 5.91 Å². The number of fused-ring (bicyclic) bond motifs is 1. The smallest absolute Gasteiger partial charge is 0.248 e. The van der Waals surface area contributed by atoms with Crippen LogP contribution in [0.3, 0.4) is 0 Å². The molecule has 1 amide bonds. The van der Waals surface area contributed by atoms with Crippen LogP contribution in [0.25, 0.3) is 0 Å². The zero-order chi connectivity index (χ0) is 20.6. The van der Waals surface area contributed by atoms with Crippen molar-refractivity contribution in [2.24, 2.45) is 4.99 Å². The number of anilines is 1. The van der Waals surface area contributed by atoms with Crippen molar-refractivity contribution < 1.29 is 13.2 Å². The number of aliphatic imine (C=N–C) groups is 1. The van der Waals surface area contributed by atoms with Crippen LogP contribution in [0.15, 0.2) is 58.0 Å². The van der Waals surface area contributed by atoms with Crippen LogP contribution < -0.4 is 4.90 Å². The highest BCUT2D eigenvalue weighted by Crippen LogP contribution is 2.43. The largest absolute Gasteiger partial charge is 0.314 e. The maximum absolute atomic E-state index is 12.5. The third-order valence-electron chi connectivity index (χ3n) is 4.93. The molecular formula is C20H18BrClN2O3S2. The lowest BCUT2D eigenvalue weighted by molar-refractivity contribution is -0.117. The molecule has 0 bridgehead atoms. The molecule has 2 fully saturated rings. The summed E-state index contributed by atoms with van der Waals surface area (Å²) in [6.07, 6.45) is 0.908. The Morgan fingerprint density at radius 1 is 1.21 bits per heavy atom. The average molecular weight is 514 g/mol. The summed E-state index contributed by atoms with van der Waals surface area (Å²) in [7, 11) is -3.12. The summed E-state index contributed by atoms with van der Waals surface area (Å²) in [5.74, 6) is -0.101. The van der Waals surface area contributed by atoms with E-state index in [4.69, 9.17) is 11.6 Å². The lowest BCUT2D eigenvalue weighted by Crippen LogP contribution is -2.38. The molecule has 0 radical (unpaired) electrons. The summed E-state index contributed by atoms with van der Waals surface area (Å²) < 4.78 is 25.1. The van der Waals surface area contributed by atoms with E-state index in [2.05, 4.69) is 20.9 Å². The highest BCUT2D eigenvalue weighted by Gasteiger charge is 2.49. The molecule has 2 aliphatic rings. The molecule has 2 heterocycles. The molecule has 2 unspecified atom stereocenters. The molecule has 2 saturated heterocycles. The number of hydrogen-bond donors (Lipinski definition) is 0. The van der Waals surface area contributed by atoms with Gasteiger partial charge in [0, 0.05) is 16.1 Å². The minimum Gasteiger partial charge on any atom is -0.314 e. The minimum atomic E-state index is -3.12. The highest BCUT2D eigenvalue weighted by molar-refractivity contribution is 9.10. The first-order chi connectivity index (χ1) is 13.8. The number of thioether (sulfide) groups is 1. The quantitative estimate of drug-likeness (QED) is 0.608. The molecule has 0 spiro atoms. The monoisotopic (exact) mass is 512 g/mol. The number of carbonyl (C=O) groups is 1. The first-order valence-corrected chi connectivity index (χ1v) is 13.0. The van der Waals surface area contributed by atoms with Crippen LogP contribution in [0.1, 0.15) is 12.0 Å². The number of amides is 1. The third-order valence-corrected chi connectivity index (χ3v) is 8.93. The molecule has 0 aromatic heterocycles. The van der Waals surface area contributed by atoms with Gasteiger partial charge in [-0.3, -0.25) is 4.79 Å². The van der Waals surface area contributed by atoms with Crippen molar-refractivity contribution in [3.63, 3.8) is 0 Å². The molecular weight excluding hydrogens is 496 g/mol. The fraction of sp³-hybridized carbons (Fsp3) is 0.300. The molecule has 2 aromatic carbocycles. The molecule has 9 heteroatoms. The van der Waals surface area contributed by atoms with Gasteiger partial charge >= 0.3 is 0 Å². The van der Waals surface area contributed by atoms with Crippen LogP contribution >= 0.6 is 39.3 Å². The van der Waals surface area contributed by atoms with Crippen molar-refractivity contribution >= 4 is 65.9 Å². The maximum atomic E-state index is 12.5. The van der Waals surface area contributed by atoms with E-state index < -0.39 is 9.84 Å². The van der Waals surface area contributed by atoms with Crippen LogP contribution in [0, 0.1) is 0 Å². The topological polar surface area (TPSA) is 66.8 Å². The maximum Gasteiger partial charge on any atom is 0.248 e. The van der Waals surface area contributed by atoms with Crippen molar-refractivity contribution in [3.05, 3.63) is 63.6 Å². The van der Waals surface area contributed by atoms with Gasteiger partial charge in [-0.05, 0) is 30.2 Å². The number of amidine groups is 1. The number of carbonyl (C=O) groups excluding carboxylic acids is 1. The first-order valence-electron chi connectivity index (χ1n) is 9.09. The van der Waals surface area contributed by atoms with E-state index in [-0.39, 0.29) is 28.7 Å². The summed E-state index contributed by atoms with van der Waals surface area (Å²) in [6.45, 7) is 0. The Kier molecular flexibility index (Phi) is 6.06. The van der Waals surface area contributed by atoms with Gasteiger partial charge in [-0.25, -0.2) is 8.42 Å². The lowest BCUT2D eigenvalue weighted by atomic mass is 10.1. The summed E-state index contributed by atoms with van der Waals surface area (Å²) in [5, 5.41) is 0.854. The second-order valence-corrected chi connectivity index (χ2v) is 11.7. The molecule has 4 rings (SSSR count). The van der Waals surface area contributed by atoms with Gasteiger partial charge in [0.1, 0.15) is 0 Å². The molecule has 2 aliphatic heterocycles. The number of rotatable bonds is 4. The minimum absolute atomic E-state index is 0.0360. The van der Waals surface area contributed by atoms with Crippen molar-refractivity contribution in [1.29, 1.82) is 0 Å². The summed E-state index contributed by atoms with van der Waals surface area (Å²) in [5.41, 5.74) is 1.75. The normalized spacial score (nSPS) is 24.1. The number of halogens is 2. The zero-order valence-corrected chi connectivity index (χ0v) is 19.3. The van der Waals surface area contributed by atoms with Crippen molar-refractivity contribution in [1.82, 2.24) is 0 Å². The summed E-state index contributed by atoms with van der Waals surface area (Å²) in [6, 6.07) is 14.9. The Balaban J connectivity index is 1.60. The summed E-state index contributed by atoms with van der Waals surface area (Å²) in [4.78, 5) is 18.7. The molecule has 29 heavy (non-hydrogen) atoms. The second-order valence-electron chi connectivity index (χ2n) is 7.04. The van der Waals surface area contributed by atoms with Gasteiger partial charge in [-0.15, -0.1) is 0 Å². The van der Waals surface area contributed by atoms with Gasteiger partial charge in [-0.2, -0.15) is 4.99 Å². The highest BCUT2D eigenvalue weighted by atomic mass is 79.9. The molecule has 0 N–H and O–H groups in total. The Morgan fingerprint density at radius 2 is 1.97 bits per heavy atom. The SMILES string of the molecule is O=C(CCc1ccccc1)N=C1SC2CS(=O)(=O)CC2N1c1ccc(Br)cc1Cl. The molecule has 2 atom stereocenters. The van der Waals surface area contributed by atoms with Crippen LogP contribution in [0.5, 0.6) is 0 Å². The Labute approximate surface area is 187 Å². The zero-order valence-electron chi connectivity index (χ0n) is 15.3. The number of aryl methyl sites for hydroxylation is 1. The van der Waals surface area contributed by atoms with Gasteiger partial charge in [0.15, 0.2) is 15.0 Å². The van der Waals surface area contributed by atoms with Gasteiger partial charge in [0.25, 0.3) is 0 Å². The second kappa shape index (κ2) is 8.41. The van der Waals surface area contributed by atoms with Crippen molar-refractivity contribution in [3.8, 4) is 0 Å². The molecule has 2 aromatic rings. The number of benzene rings is 2. The van der Waals surface area contributed by atoms with E-state index in [0.29, 0.717) is 28.7 Å². The van der Waals surface area contributed by atoms with Crippen molar-refractivity contribution in [2.45, 2.75) is 24.1 Å². The van der Waals surface area contributed by atoms with E-state index in [1.54, 1.807) is 6.07 Å². The van der Waals surface area contributed by atoms with Crippen LogP contribution in [0.4, 0.5) is 5.69 Å². The van der Waals surface area contributed by atoms with E-state index in [1.165, 1.54) is 11.8 Å². The van der Waals surface area contributed by atoms with Gasteiger partial charge in [0.05, 0.1) is 28.3 Å². The average Bonchev–Trinajstić information content (AvgIpc) is 3.12. The summed E-state index contributed by atoms with van der Waals surface area (Å²) >= 11 is 11.2. The van der Waals surface area contributed by atoms with E-state index in [0.717, 1.165) is 10.0 Å². The van der Waals surface area contributed by atoms with Crippen LogP contribution in [-0.4, -0.2) is 42.3 Å². The molecule has 5 nitrogen and oxygen atoms in total. The fourth-order valence-corrected chi connectivity index (χ4v) is 8.27. The van der Waals surface area contributed by atoms with Crippen LogP contribution in [-0.2, 0) is 21.1 Å². The van der Waals surface area contributed by atoms with E-state index in [9.17, 15) is 13.2 Å². The van der Waals surface area contributed by atoms with E-state index >= 15 is 0 Å². The number of hydrogen-bond acceptors (Lipinski definition) is 4. The fourth-order valence-electron chi connectivity index (χ4n) is 3.58. The predicted molar refractivity (Wildman–Crippen MR) is 123 cm³/mol. The number of sulfone groups is 1. The molecule has 0 saturated carbocycles. The third kappa shape index (κ3) is 4.71. The van der Waals surface area contributed by atoms with E-state index in [1.807, 2.05) is 47.4 Å². The molecule has 0 aliphatic carbocycles. The lowest BCUT2D eigenvalue weighted by Gasteiger charge is -2.25. The Hall–Kier alpha value is -1.35.